The van der Waals surface area contributed by atoms with E-state index in [9.17, 15) is 4.91 Å². The second kappa shape index (κ2) is 8.20. The zero-order chi connectivity index (χ0) is 11.1. The SMILES string of the molecule is NN.O=NOc1cccc2ccccc12.[H-].[Na+]. The van der Waals surface area contributed by atoms with Gasteiger partial charge in [-0.1, -0.05) is 36.4 Å². The normalized spacial score (nSPS) is 8.38. The zero-order valence-electron chi connectivity index (χ0n) is 9.96. The summed E-state index contributed by atoms with van der Waals surface area (Å²) in [6, 6.07) is 13.1. The van der Waals surface area contributed by atoms with Crippen LogP contribution < -0.4 is 46.1 Å². The van der Waals surface area contributed by atoms with E-state index in [1.165, 1.54) is 0 Å². The molecule has 0 aliphatic carbocycles. The van der Waals surface area contributed by atoms with Crippen molar-refractivity contribution >= 4 is 10.8 Å². The van der Waals surface area contributed by atoms with Gasteiger partial charge < -0.3 is 6.26 Å². The third-order valence-electron chi connectivity index (χ3n) is 1.89. The molecule has 0 bridgehead atoms. The van der Waals surface area contributed by atoms with Crippen molar-refractivity contribution in [1.82, 2.24) is 0 Å². The first kappa shape index (κ1) is 15.0. The Morgan fingerprint density at radius 3 is 2.38 bits per heavy atom. The summed E-state index contributed by atoms with van der Waals surface area (Å²) in [6.45, 7) is 0. The van der Waals surface area contributed by atoms with Gasteiger partial charge in [-0.15, -0.1) is 4.91 Å². The number of benzene rings is 2. The van der Waals surface area contributed by atoms with E-state index in [0.717, 1.165) is 10.8 Å². The smallest absolute Gasteiger partial charge is 1.00 e. The van der Waals surface area contributed by atoms with E-state index in [-0.39, 0.29) is 31.0 Å². The molecule has 2 aromatic rings. The molecule has 4 N–H and O–H groups in total. The largest absolute Gasteiger partial charge is 1.00 e. The molecular weight excluding hydrogens is 217 g/mol. The monoisotopic (exact) mass is 229 g/mol. The number of hydrogen-bond donors (Lipinski definition) is 2. The van der Waals surface area contributed by atoms with Crippen molar-refractivity contribution in [1.29, 1.82) is 0 Å². The van der Waals surface area contributed by atoms with E-state index < -0.39 is 0 Å². The summed E-state index contributed by atoms with van der Waals surface area (Å²) in [5.74, 6) is 8.49. The molecule has 0 fully saturated rings. The molecule has 0 saturated heterocycles. The first-order chi connectivity index (χ1) is 7.42. The minimum atomic E-state index is 0. The fraction of sp³-hybridized carbons (Fsp3) is 0. The Kier molecular flexibility index (Phi) is 7.70. The molecule has 0 aromatic heterocycles. The summed E-state index contributed by atoms with van der Waals surface area (Å²) in [5, 5.41) is 4.33. The fourth-order valence-corrected chi connectivity index (χ4v) is 1.32. The molecule has 80 valence electrons. The minimum absolute atomic E-state index is 0. The molecule has 0 aliphatic heterocycles. The van der Waals surface area contributed by atoms with Crippen LogP contribution in [0.3, 0.4) is 0 Å². The molecule has 6 heteroatoms. The third kappa shape index (κ3) is 3.55. The average Bonchev–Trinajstić information content (AvgIpc) is 2.33. The average molecular weight is 229 g/mol. The molecule has 0 radical (unpaired) electrons. The topological polar surface area (TPSA) is 90.7 Å². The second-order valence-electron chi connectivity index (χ2n) is 2.64. The Bertz CT molecular complexity index is 451. The summed E-state index contributed by atoms with van der Waals surface area (Å²) in [5.41, 5.74) is 0. The van der Waals surface area contributed by atoms with Crippen LogP contribution in [-0.2, 0) is 0 Å². The Labute approximate surface area is 116 Å². The number of hydrogen-bond acceptors (Lipinski definition) is 5. The van der Waals surface area contributed by atoms with E-state index in [0.29, 0.717) is 5.75 Å². The molecule has 2 aromatic carbocycles. The Balaban J connectivity index is 0. The Morgan fingerprint density at radius 2 is 1.69 bits per heavy atom. The second-order valence-corrected chi connectivity index (χ2v) is 2.64. The summed E-state index contributed by atoms with van der Waals surface area (Å²) in [7, 11) is 0. The molecule has 0 aliphatic rings. The van der Waals surface area contributed by atoms with Crippen molar-refractivity contribution in [2.24, 2.45) is 17.0 Å². The Hall–Kier alpha value is -0.980. The maximum absolute atomic E-state index is 9.95. The van der Waals surface area contributed by atoms with Crippen molar-refractivity contribution in [2.75, 3.05) is 0 Å². The molecule has 0 saturated carbocycles. The summed E-state index contributed by atoms with van der Waals surface area (Å²) < 4.78 is 0. The van der Waals surface area contributed by atoms with E-state index in [4.69, 9.17) is 0 Å². The first-order valence-corrected chi connectivity index (χ1v) is 4.22. The first-order valence-electron chi connectivity index (χ1n) is 4.22. The van der Waals surface area contributed by atoms with Gasteiger partial charge in [0.1, 0.15) is 0 Å². The number of hydrazine groups is 1. The summed E-state index contributed by atoms with van der Waals surface area (Å²) in [6.07, 6.45) is 0. The van der Waals surface area contributed by atoms with Gasteiger partial charge in [-0.05, 0) is 11.5 Å². The van der Waals surface area contributed by atoms with Crippen molar-refractivity contribution in [3.63, 3.8) is 0 Å². The molecule has 0 spiro atoms. The van der Waals surface area contributed by atoms with Gasteiger partial charge >= 0.3 is 29.6 Å². The quantitative estimate of drug-likeness (QED) is 0.294. The standard InChI is InChI=1S/C10H7NO2.H4N2.Na.H/c12-11-13-10-7-3-5-8-4-1-2-6-9(8)10;1-2;;/h1-7H;1-2H2;;/q;;+1;-1. The summed E-state index contributed by atoms with van der Waals surface area (Å²) >= 11 is 0. The number of rotatable bonds is 2. The van der Waals surface area contributed by atoms with Crippen molar-refractivity contribution in [2.45, 2.75) is 0 Å². The van der Waals surface area contributed by atoms with Crippen LogP contribution in [0.4, 0.5) is 0 Å². The van der Waals surface area contributed by atoms with Crippen molar-refractivity contribution in [3.8, 4) is 5.75 Å². The predicted molar refractivity (Wildman–Crippen MR) is 59.9 cm³/mol. The van der Waals surface area contributed by atoms with Gasteiger partial charge in [-0.2, -0.15) is 0 Å². The third-order valence-corrected chi connectivity index (χ3v) is 1.89. The van der Waals surface area contributed by atoms with Gasteiger partial charge in [0.15, 0.2) is 11.1 Å². The van der Waals surface area contributed by atoms with Crippen LogP contribution in [0.5, 0.6) is 5.75 Å². The van der Waals surface area contributed by atoms with E-state index in [1.807, 2.05) is 36.4 Å². The number of nitrogens with zero attached hydrogens (tertiary/aromatic N) is 1. The van der Waals surface area contributed by atoms with Gasteiger partial charge in [0.25, 0.3) is 0 Å². The molecule has 0 atom stereocenters. The van der Waals surface area contributed by atoms with Crippen LogP contribution in [-0.4, -0.2) is 0 Å². The zero-order valence-corrected chi connectivity index (χ0v) is 11.0. The molecule has 0 unspecified atom stereocenters. The van der Waals surface area contributed by atoms with Gasteiger partial charge in [-0.25, -0.2) is 0 Å². The van der Waals surface area contributed by atoms with Crippen LogP contribution >= 0.6 is 0 Å². The van der Waals surface area contributed by atoms with Crippen LogP contribution in [0, 0.1) is 4.91 Å². The maximum atomic E-state index is 9.95. The van der Waals surface area contributed by atoms with Crippen molar-refractivity contribution in [3.05, 3.63) is 47.4 Å². The van der Waals surface area contributed by atoms with E-state index in [2.05, 4.69) is 21.9 Å². The molecule has 16 heavy (non-hydrogen) atoms. The molecule has 0 amide bonds. The van der Waals surface area contributed by atoms with Crippen LogP contribution in [0.2, 0.25) is 0 Å². The molecule has 5 nitrogen and oxygen atoms in total. The molecular formula is C10H12N3NaO2. The van der Waals surface area contributed by atoms with E-state index >= 15 is 0 Å². The van der Waals surface area contributed by atoms with Gasteiger partial charge in [0, 0.05) is 5.39 Å². The summed E-state index contributed by atoms with van der Waals surface area (Å²) in [4.78, 5) is 14.5. The minimum Gasteiger partial charge on any atom is -1.00 e. The molecule has 2 rings (SSSR count). The van der Waals surface area contributed by atoms with Crippen LogP contribution in [0.25, 0.3) is 10.8 Å². The Morgan fingerprint density at radius 1 is 1.06 bits per heavy atom. The van der Waals surface area contributed by atoms with Gasteiger partial charge in [-0.3, -0.25) is 11.7 Å². The number of nitrogens with two attached hydrogens (primary N) is 2. The van der Waals surface area contributed by atoms with Crippen molar-refractivity contribution < 1.29 is 35.8 Å². The van der Waals surface area contributed by atoms with Gasteiger partial charge in [0.2, 0.25) is 0 Å². The van der Waals surface area contributed by atoms with E-state index in [1.54, 1.807) is 6.07 Å². The van der Waals surface area contributed by atoms with Gasteiger partial charge in [0.05, 0.1) is 0 Å². The number of fused-ring (bicyclic) bond motifs is 1. The maximum Gasteiger partial charge on any atom is 1.00 e. The fourth-order valence-electron chi connectivity index (χ4n) is 1.32. The molecule has 0 heterocycles. The predicted octanol–water partition coefficient (Wildman–Crippen LogP) is -1.16. The van der Waals surface area contributed by atoms with Crippen LogP contribution in [0.1, 0.15) is 1.43 Å². The van der Waals surface area contributed by atoms with Crippen LogP contribution in [0.15, 0.2) is 47.8 Å².